The third kappa shape index (κ3) is 1.96. The second kappa shape index (κ2) is 4.16. The molecule has 0 amide bonds. The van der Waals surface area contributed by atoms with E-state index in [0.29, 0.717) is 12.3 Å². The van der Waals surface area contributed by atoms with E-state index in [0.717, 1.165) is 18.7 Å². The van der Waals surface area contributed by atoms with Gasteiger partial charge in [-0.05, 0) is 25.0 Å². The highest BCUT2D eigenvalue weighted by Crippen LogP contribution is 2.35. The molecule has 2 heterocycles. The summed E-state index contributed by atoms with van der Waals surface area (Å²) in [5.41, 5.74) is 3.55. The topological polar surface area (TPSA) is 49.4 Å². The number of aryl methyl sites for hydroxylation is 1. The van der Waals surface area contributed by atoms with Crippen molar-refractivity contribution >= 4 is 21.2 Å². The van der Waals surface area contributed by atoms with Gasteiger partial charge in [-0.3, -0.25) is 0 Å². The molecule has 0 aromatic heterocycles. The molecule has 1 N–H and O–H groups in total. The van der Waals surface area contributed by atoms with Crippen molar-refractivity contribution in [2.75, 3.05) is 34.8 Å². The Balaban J connectivity index is 2.03. The fourth-order valence-corrected chi connectivity index (χ4v) is 4.50. The van der Waals surface area contributed by atoms with Crippen molar-refractivity contribution in [2.24, 2.45) is 0 Å². The van der Waals surface area contributed by atoms with Gasteiger partial charge in [0.15, 0.2) is 9.84 Å². The number of benzene rings is 1. The van der Waals surface area contributed by atoms with Gasteiger partial charge >= 0.3 is 0 Å². The van der Waals surface area contributed by atoms with Crippen LogP contribution in [0.25, 0.3) is 0 Å². The van der Waals surface area contributed by atoms with E-state index in [1.807, 2.05) is 6.07 Å². The third-order valence-electron chi connectivity index (χ3n) is 3.87. The monoisotopic (exact) mass is 266 g/mol. The summed E-state index contributed by atoms with van der Waals surface area (Å²) in [4.78, 5) is 2.27. The maximum absolute atomic E-state index is 11.7. The van der Waals surface area contributed by atoms with Crippen molar-refractivity contribution in [3.8, 4) is 0 Å². The minimum atomic E-state index is -2.85. The van der Waals surface area contributed by atoms with Gasteiger partial charge in [0.25, 0.3) is 0 Å². The average molecular weight is 266 g/mol. The van der Waals surface area contributed by atoms with Crippen LogP contribution in [0.2, 0.25) is 0 Å². The number of fused-ring (bicyclic) bond motifs is 3. The van der Waals surface area contributed by atoms with Crippen molar-refractivity contribution in [2.45, 2.75) is 19.4 Å². The van der Waals surface area contributed by atoms with E-state index < -0.39 is 9.84 Å². The molecule has 4 nitrogen and oxygen atoms in total. The summed E-state index contributed by atoms with van der Waals surface area (Å²) in [5.74, 6) is 0.568. The Morgan fingerprint density at radius 3 is 3.06 bits per heavy atom. The molecular weight excluding hydrogens is 248 g/mol. The fourth-order valence-electron chi connectivity index (χ4n) is 2.93. The minimum absolute atomic E-state index is 0.124. The highest BCUT2D eigenvalue weighted by molar-refractivity contribution is 7.91. The van der Waals surface area contributed by atoms with Crippen LogP contribution in [0.4, 0.5) is 11.4 Å². The summed E-state index contributed by atoms with van der Waals surface area (Å²) >= 11 is 0. The van der Waals surface area contributed by atoms with E-state index in [1.165, 1.54) is 11.3 Å². The molecule has 98 valence electrons. The summed E-state index contributed by atoms with van der Waals surface area (Å²) in [7, 11) is -2.85. The van der Waals surface area contributed by atoms with E-state index in [-0.39, 0.29) is 11.8 Å². The predicted molar refractivity (Wildman–Crippen MR) is 74.1 cm³/mol. The largest absolute Gasteiger partial charge is 0.383 e. The molecule has 1 fully saturated rings. The SMILES string of the molecule is Cc1cccc2c1NCCC1CS(=O)(=O)CCN21. The van der Waals surface area contributed by atoms with Crippen LogP contribution in [-0.4, -0.2) is 39.1 Å². The lowest BCUT2D eigenvalue weighted by molar-refractivity contribution is 0.550. The normalized spacial score (nSPS) is 25.6. The Labute approximate surface area is 108 Å². The molecule has 3 rings (SSSR count). The molecule has 0 aliphatic carbocycles. The van der Waals surface area contributed by atoms with Gasteiger partial charge < -0.3 is 10.2 Å². The van der Waals surface area contributed by atoms with Crippen molar-refractivity contribution < 1.29 is 8.42 Å². The number of hydrogen-bond acceptors (Lipinski definition) is 4. The number of nitrogens with one attached hydrogen (secondary N) is 1. The maximum atomic E-state index is 11.7. The Kier molecular flexibility index (Phi) is 2.73. The molecule has 1 aromatic rings. The molecular formula is C13H18N2O2S. The zero-order chi connectivity index (χ0) is 12.8. The third-order valence-corrected chi connectivity index (χ3v) is 5.57. The molecule has 18 heavy (non-hydrogen) atoms. The number of nitrogens with zero attached hydrogens (tertiary/aromatic N) is 1. The zero-order valence-corrected chi connectivity index (χ0v) is 11.3. The first-order chi connectivity index (χ1) is 8.57. The molecule has 5 heteroatoms. The fraction of sp³-hybridized carbons (Fsp3) is 0.538. The second-order valence-corrected chi connectivity index (χ2v) is 7.37. The Bertz CT molecular complexity index is 568. The van der Waals surface area contributed by atoms with Crippen molar-refractivity contribution in [3.05, 3.63) is 23.8 Å². The van der Waals surface area contributed by atoms with Gasteiger partial charge in [-0.1, -0.05) is 12.1 Å². The van der Waals surface area contributed by atoms with Crippen LogP contribution < -0.4 is 10.2 Å². The zero-order valence-electron chi connectivity index (χ0n) is 10.5. The predicted octanol–water partition coefficient (Wildman–Crippen LogP) is 1.41. The molecule has 2 aliphatic heterocycles. The quantitative estimate of drug-likeness (QED) is 0.771. The van der Waals surface area contributed by atoms with Crippen molar-refractivity contribution in [1.82, 2.24) is 0 Å². The van der Waals surface area contributed by atoms with Crippen LogP contribution in [0, 0.1) is 6.92 Å². The standard InChI is InChI=1S/C13H18N2O2S/c1-10-3-2-4-12-13(10)14-6-5-11-9-18(16,17)8-7-15(11)12/h2-4,11,14H,5-9H2,1H3. The number of hydrogen-bond donors (Lipinski definition) is 1. The summed E-state index contributed by atoms with van der Waals surface area (Å²) in [6.45, 7) is 3.55. The first-order valence-electron chi connectivity index (χ1n) is 6.37. The maximum Gasteiger partial charge on any atom is 0.154 e. The lowest BCUT2D eigenvalue weighted by Crippen LogP contribution is -2.48. The van der Waals surface area contributed by atoms with Crippen molar-refractivity contribution in [3.63, 3.8) is 0 Å². The van der Waals surface area contributed by atoms with E-state index >= 15 is 0 Å². The van der Waals surface area contributed by atoms with Gasteiger partial charge in [0.2, 0.25) is 0 Å². The Hall–Kier alpha value is -1.23. The molecule has 0 saturated carbocycles. The number of para-hydroxylation sites is 1. The minimum Gasteiger partial charge on any atom is -0.383 e. The second-order valence-electron chi connectivity index (χ2n) is 5.15. The lowest BCUT2D eigenvalue weighted by atomic mass is 10.1. The molecule has 1 aromatic carbocycles. The molecule has 1 saturated heterocycles. The number of sulfone groups is 1. The van der Waals surface area contributed by atoms with E-state index in [1.54, 1.807) is 0 Å². The van der Waals surface area contributed by atoms with Crippen LogP contribution in [0.1, 0.15) is 12.0 Å². The van der Waals surface area contributed by atoms with Gasteiger partial charge in [-0.2, -0.15) is 0 Å². The molecule has 1 atom stereocenters. The van der Waals surface area contributed by atoms with E-state index in [4.69, 9.17) is 0 Å². The molecule has 0 spiro atoms. The molecule has 0 radical (unpaired) electrons. The molecule has 0 bridgehead atoms. The summed E-state index contributed by atoms with van der Waals surface area (Å²) < 4.78 is 23.5. The first-order valence-corrected chi connectivity index (χ1v) is 8.19. The average Bonchev–Trinajstić information content (AvgIpc) is 2.47. The lowest BCUT2D eigenvalue weighted by Gasteiger charge is -2.36. The Morgan fingerprint density at radius 2 is 2.22 bits per heavy atom. The van der Waals surface area contributed by atoms with Gasteiger partial charge in [0.1, 0.15) is 0 Å². The van der Waals surface area contributed by atoms with Gasteiger partial charge in [-0.25, -0.2) is 8.42 Å². The van der Waals surface area contributed by atoms with Crippen LogP contribution in [0.5, 0.6) is 0 Å². The summed E-state index contributed by atoms with van der Waals surface area (Å²) in [5, 5.41) is 3.44. The summed E-state index contributed by atoms with van der Waals surface area (Å²) in [6, 6.07) is 6.35. The molecule has 1 unspecified atom stereocenters. The highest BCUT2D eigenvalue weighted by Gasteiger charge is 2.33. The highest BCUT2D eigenvalue weighted by atomic mass is 32.2. The van der Waals surface area contributed by atoms with Crippen LogP contribution in [0.3, 0.4) is 0 Å². The molecule has 2 aliphatic rings. The smallest absolute Gasteiger partial charge is 0.154 e. The number of rotatable bonds is 0. The van der Waals surface area contributed by atoms with Crippen LogP contribution in [-0.2, 0) is 9.84 Å². The van der Waals surface area contributed by atoms with E-state index in [9.17, 15) is 8.42 Å². The van der Waals surface area contributed by atoms with Crippen molar-refractivity contribution in [1.29, 1.82) is 0 Å². The first kappa shape index (κ1) is 11.8. The van der Waals surface area contributed by atoms with Gasteiger partial charge in [0, 0.05) is 19.1 Å². The Morgan fingerprint density at radius 1 is 1.39 bits per heavy atom. The summed E-state index contributed by atoms with van der Waals surface area (Å²) in [6.07, 6.45) is 0.882. The van der Waals surface area contributed by atoms with Crippen LogP contribution >= 0.6 is 0 Å². The number of anilines is 2. The van der Waals surface area contributed by atoms with E-state index in [2.05, 4.69) is 29.3 Å². The van der Waals surface area contributed by atoms with Crippen LogP contribution in [0.15, 0.2) is 18.2 Å². The van der Waals surface area contributed by atoms with Gasteiger partial charge in [0.05, 0.1) is 22.9 Å². The van der Waals surface area contributed by atoms with Gasteiger partial charge in [-0.15, -0.1) is 0 Å².